The number of nitrogens with one attached hydrogen (secondary N) is 1. The van der Waals surface area contributed by atoms with E-state index in [1.165, 1.54) is 37.7 Å². The smallest absolute Gasteiger partial charge is 0.0818 e. The second-order valence-corrected chi connectivity index (χ2v) is 5.66. The zero-order chi connectivity index (χ0) is 13.5. The Bertz CT molecular complexity index is 349. The normalized spacial score (nSPS) is 20.1. The SMILES string of the molecule is NC(Cc1ccccc1)C(O)CNC1CCCCC1. The minimum absolute atomic E-state index is 0.196. The molecule has 2 rings (SSSR count). The molecule has 0 bridgehead atoms. The average molecular weight is 262 g/mol. The molecule has 0 saturated heterocycles. The first-order valence-corrected chi connectivity index (χ1v) is 7.46. The lowest BCUT2D eigenvalue weighted by Crippen LogP contribution is -2.46. The van der Waals surface area contributed by atoms with Crippen molar-refractivity contribution >= 4 is 0 Å². The summed E-state index contributed by atoms with van der Waals surface area (Å²) < 4.78 is 0. The van der Waals surface area contributed by atoms with E-state index >= 15 is 0 Å². The summed E-state index contributed by atoms with van der Waals surface area (Å²) in [5.41, 5.74) is 7.26. The van der Waals surface area contributed by atoms with Crippen molar-refractivity contribution in [3.63, 3.8) is 0 Å². The van der Waals surface area contributed by atoms with E-state index in [0.717, 1.165) is 6.42 Å². The van der Waals surface area contributed by atoms with Gasteiger partial charge in [-0.1, -0.05) is 49.6 Å². The Morgan fingerprint density at radius 1 is 1.16 bits per heavy atom. The fraction of sp³-hybridized carbons (Fsp3) is 0.625. The molecule has 1 aliphatic carbocycles. The minimum Gasteiger partial charge on any atom is -0.390 e. The van der Waals surface area contributed by atoms with E-state index in [1.807, 2.05) is 18.2 Å². The van der Waals surface area contributed by atoms with E-state index in [2.05, 4.69) is 17.4 Å². The van der Waals surface area contributed by atoms with Crippen LogP contribution in [-0.4, -0.2) is 29.8 Å². The maximum Gasteiger partial charge on any atom is 0.0818 e. The Morgan fingerprint density at radius 3 is 2.53 bits per heavy atom. The molecule has 1 aliphatic rings. The molecular formula is C16H26N2O. The van der Waals surface area contributed by atoms with Crippen LogP contribution in [0.2, 0.25) is 0 Å². The van der Waals surface area contributed by atoms with Crippen molar-refractivity contribution in [1.29, 1.82) is 0 Å². The maximum atomic E-state index is 10.1. The molecule has 1 fully saturated rings. The summed E-state index contributed by atoms with van der Waals surface area (Å²) in [6, 6.07) is 10.5. The average Bonchev–Trinajstić information content (AvgIpc) is 2.47. The molecule has 0 amide bonds. The molecule has 106 valence electrons. The van der Waals surface area contributed by atoms with Gasteiger partial charge < -0.3 is 16.2 Å². The lowest BCUT2D eigenvalue weighted by molar-refractivity contribution is 0.135. The fourth-order valence-corrected chi connectivity index (χ4v) is 2.77. The number of aliphatic hydroxyl groups excluding tert-OH is 1. The second kappa shape index (κ2) is 7.63. The molecule has 0 radical (unpaired) electrons. The molecule has 1 saturated carbocycles. The highest BCUT2D eigenvalue weighted by atomic mass is 16.3. The van der Waals surface area contributed by atoms with Crippen LogP contribution in [0.3, 0.4) is 0 Å². The Morgan fingerprint density at radius 2 is 1.84 bits per heavy atom. The maximum absolute atomic E-state index is 10.1. The molecule has 1 aromatic rings. The van der Waals surface area contributed by atoms with Gasteiger partial charge in [-0.3, -0.25) is 0 Å². The number of nitrogens with two attached hydrogens (primary N) is 1. The number of aliphatic hydroxyl groups is 1. The molecule has 2 atom stereocenters. The number of hydrogen-bond donors (Lipinski definition) is 3. The summed E-state index contributed by atoms with van der Waals surface area (Å²) in [7, 11) is 0. The zero-order valence-electron chi connectivity index (χ0n) is 11.6. The van der Waals surface area contributed by atoms with Crippen molar-refractivity contribution in [1.82, 2.24) is 5.32 Å². The van der Waals surface area contributed by atoms with Crippen LogP contribution in [0.4, 0.5) is 0 Å². The highest BCUT2D eigenvalue weighted by molar-refractivity contribution is 5.16. The molecule has 0 aromatic heterocycles. The van der Waals surface area contributed by atoms with Gasteiger partial charge >= 0.3 is 0 Å². The largest absolute Gasteiger partial charge is 0.390 e. The van der Waals surface area contributed by atoms with E-state index < -0.39 is 6.10 Å². The van der Waals surface area contributed by atoms with E-state index in [0.29, 0.717) is 12.6 Å². The monoisotopic (exact) mass is 262 g/mol. The van der Waals surface area contributed by atoms with Crippen LogP contribution >= 0.6 is 0 Å². The van der Waals surface area contributed by atoms with E-state index in [4.69, 9.17) is 5.73 Å². The summed E-state index contributed by atoms with van der Waals surface area (Å²) in [5, 5.41) is 13.6. The first-order chi connectivity index (χ1) is 9.25. The summed E-state index contributed by atoms with van der Waals surface area (Å²) >= 11 is 0. The first kappa shape index (κ1) is 14.5. The van der Waals surface area contributed by atoms with Crippen LogP contribution in [0.15, 0.2) is 30.3 Å². The van der Waals surface area contributed by atoms with Crippen molar-refractivity contribution in [2.75, 3.05) is 6.54 Å². The van der Waals surface area contributed by atoms with Crippen LogP contribution < -0.4 is 11.1 Å². The van der Waals surface area contributed by atoms with Crippen LogP contribution in [0.5, 0.6) is 0 Å². The van der Waals surface area contributed by atoms with Gasteiger partial charge in [0, 0.05) is 18.6 Å². The number of rotatable bonds is 6. The molecular weight excluding hydrogens is 236 g/mol. The summed E-state index contributed by atoms with van der Waals surface area (Å²) in [4.78, 5) is 0. The topological polar surface area (TPSA) is 58.3 Å². The minimum atomic E-state index is -0.470. The molecule has 1 aromatic carbocycles. The lowest BCUT2D eigenvalue weighted by atomic mass is 9.95. The molecule has 3 nitrogen and oxygen atoms in total. The molecule has 0 spiro atoms. The second-order valence-electron chi connectivity index (χ2n) is 5.66. The number of benzene rings is 1. The Hall–Kier alpha value is -0.900. The van der Waals surface area contributed by atoms with Crippen molar-refractivity contribution in [2.45, 2.75) is 56.7 Å². The third kappa shape index (κ3) is 4.94. The highest BCUT2D eigenvalue weighted by Gasteiger charge is 2.18. The molecule has 0 aliphatic heterocycles. The Labute approximate surface area is 116 Å². The van der Waals surface area contributed by atoms with Gasteiger partial charge in [0.15, 0.2) is 0 Å². The van der Waals surface area contributed by atoms with Gasteiger partial charge in [0.1, 0.15) is 0 Å². The van der Waals surface area contributed by atoms with Crippen LogP contribution in [0.1, 0.15) is 37.7 Å². The van der Waals surface area contributed by atoms with Gasteiger partial charge in [-0.2, -0.15) is 0 Å². The van der Waals surface area contributed by atoms with E-state index in [1.54, 1.807) is 0 Å². The van der Waals surface area contributed by atoms with Crippen LogP contribution in [0.25, 0.3) is 0 Å². The standard InChI is InChI=1S/C16H26N2O/c17-15(11-13-7-3-1-4-8-13)16(19)12-18-14-9-5-2-6-10-14/h1,3-4,7-8,14-16,18-19H,2,5-6,9-12,17H2. The predicted octanol–water partition coefficient (Wildman–Crippen LogP) is 1.84. The zero-order valence-corrected chi connectivity index (χ0v) is 11.6. The van der Waals surface area contributed by atoms with Crippen molar-refractivity contribution < 1.29 is 5.11 Å². The summed E-state index contributed by atoms with van der Waals surface area (Å²) in [6.07, 6.45) is 6.71. The van der Waals surface area contributed by atoms with Crippen molar-refractivity contribution in [2.24, 2.45) is 5.73 Å². The van der Waals surface area contributed by atoms with Crippen molar-refractivity contribution in [3.05, 3.63) is 35.9 Å². The molecule has 2 unspecified atom stereocenters. The third-order valence-corrected chi connectivity index (χ3v) is 4.03. The van der Waals surface area contributed by atoms with Crippen LogP contribution in [-0.2, 0) is 6.42 Å². The molecule has 0 heterocycles. The van der Waals surface area contributed by atoms with Crippen molar-refractivity contribution in [3.8, 4) is 0 Å². The van der Waals surface area contributed by atoms with E-state index in [-0.39, 0.29) is 6.04 Å². The van der Waals surface area contributed by atoms with Gasteiger partial charge in [-0.25, -0.2) is 0 Å². The van der Waals surface area contributed by atoms with E-state index in [9.17, 15) is 5.11 Å². The summed E-state index contributed by atoms with van der Waals surface area (Å²) in [6.45, 7) is 0.610. The summed E-state index contributed by atoms with van der Waals surface area (Å²) in [5.74, 6) is 0. The van der Waals surface area contributed by atoms with Gasteiger partial charge in [0.25, 0.3) is 0 Å². The molecule has 3 heteroatoms. The Balaban J connectivity index is 1.71. The quantitative estimate of drug-likeness (QED) is 0.733. The van der Waals surface area contributed by atoms with Gasteiger partial charge in [0.05, 0.1) is 6.10 Å². The lowest BCUT2D eigenvalue weighted by Gasteiger charge is -2.26. The molecule has 19 heavy (non-hydrogen) atoms. The van der Waals surface area contributed by atoms with Gasteiger partial charge in [-0.05, 0) is 24.8 Å². The van der Waals surface area contributed by atoms with Gasteiger partial charge in [0.2, 0.25) is 0 Å². The number of hydrogen-bond acceptors (Lipinski definition) is 3. The highest BCUT2D eigenvalue weighted by Crippen LogP contribution is 2.17. The first-order valence-electron chi connectivity index (χ1n) is 7.46. The van der Waals surface area contributed by atoms with Gasteiger partial charge in [-0.15, -0.1) is 0 Å². The fourth-order valence-electron chi connectivity index (χ4n) is 2.77. The third-order valence-electron chi connectivity index (χ3n) is 4.03. The molecule has 4 N–H and O–H groups in total. The predicted molar refractivity (Wildman–Crippen MR) is 79.0 cm³/mol. The Kier molecular flexibility index (Phi) is 5.83. The van der Waals surface area contributed by atoms with Crippen LogP contribution in [0, 0.1) is 0 Å².